The summed E-state index contributed by atoms with van der Waals surface area (Å²) in [7, 11) is 0. The molecule has 4 rings (SSSR count). The molecular formula is C20H27N5O2. The van der Waals surface area contributed by atoms with E-state index in [1.165, 1.54) is 11.3 Å². The molecule has 0 unspecified atom stereocenters. The number of nitrogens with zero attached hydrogens (tertiary/aromatic N) is 4. The minimum Gasteiger partial charge on any atom is -0.368 e. The van der Waals surface area contributed by atoms with Crippen LogP contribution in [0.2, 0.25) is 0 Å². The van der Waals surface area contributed by atoms with E-state index in [2.05, 4.69) is 29.3 Å². The first-order valence-electron chi connectivity index (χ1n) is 9.75. The Bertz CT molecular complexity index is 865. The number of carbonyl (C=O) groups is 1. The fraction of sp³-hybridized carbons (Fsp3) is 0.600. The van der Waals surface area contributed by atoms with Crippen LogP contribution in [0.5, 0.6) is 0 Å². The number of piperidine rings is 1. The Morgan fingerprint density at radius 3 is 2.59 bits per heavy atom. The molecule has 0 atom stereocenters. The third-order valence-electron chi connectivity index (χ3n) is 5.76. The van der Waals surface area contributed by atoms with Crippen molar-refractivity contribution in [3.8, 4) is 0 Å². The van der Waals surface area contributed by atoms with Gasteiger partial charge in [-0.05, 0) is 53.4 Å². The second kappa shape index (κ2) is 6.62. The lowest BCUT2D eigenvalue weighted by atomic mass is 9.76. The quantitative estimate of drug-likeness (QED) is 0.895. The summed E-state index contributed by atoms with van der Waals surface area (Å²) in [6, 6.07) is 2.04. The van der Waals surface area contributed by atoms with Crippen LogP contribution >= 0.6 is 0 Å². The van der Waals surface area contributed by atoms with Crippen molar-refractivity contribution in [1.82, 2.24) is 20.0 Å². The predicted molar refractivity (Wildman–Crippen MR) is 102 cm³/mol. The standard InChI is InChI=1S/C20H27N5O2/c1-12(2)21-18-15-5-6-20(17(15)22-14(4)23-18)7-9-25(10-8-20)19(26)16-11-13(3)27-24-16/h11-12H,5-10H2,1-4H3,(H,21,22,23). The highest BCUT2D eigenvalue weighted by Crippen LogP contribution is 2.47. The molecule has 2 aromatic rings. The molecule has 2 aromatic heterocycles. The third kappa shape index (κ3) is 3.19. The molecule has 1 spiro atoms. The van der Waals surface area contributed by atoms with Gasteiger partial charge >= 0.3 is 0 Å². The number of likely N-dealkylation sites (tertiary alicyclic amines) is 1. The molecule has 0 saturated carbocycles. The number of rotatable bonds is 3. The number of amides is 1. The van der Waals surface area contributed by atoms with Gasteiger partial charge in [0.2, 0.25) is 0 Å². The number of hydrogen-bond acceptors (Lipinski definition) is 6. The van der Waals surface area contributed by atoms with Gasteiger partial charge in [0.15, 0.2) is 5.69 Å². The molecule has 144 valence electrons. The van der Waals surface area contributed by atoms with Crippen molar-refractivity contribution in [3.63, 3.8) is 0 Å². The summed E-state index contributed by atoms with van der Waals surface area (Å²) in [5.41, 5.74) is 2.92. The van der Waals surface area contributed by atoms with E-state index in [4.69, 9.17) is 9.51 Å². The minimum absolute atomic E-state index is 0.0408. The van der Waals surface area contributed by atoms with E-state index in [0.717, 1.165) is 50.4 Å². The highest BCUT2D eigenvalue weighted by atomic mass is 16.5. The van der Waals surface area contributed by atoms with Gasteiger partial charge < -0.3 is 14.7 Å². The van der Waals surface area contributed by atoms with Crippen molar-refractivity contribution in [3.05, 3.63) is 34.6 Å². The number of aryl methyl sites for hydroxylation is 2. The monoisotopic (exact) mass is 369 g/mol. The van der Waals surface area contributed by atoms with E-state index in [-0.39, 0.29) is 11.3 Å². The van der Waals surface area contributed by atoms with Crippen molar-refractivity contribution in [2.24, 2.45) is 0 Å². The van der Waals surface area contributed by atoms with Crippen LogP contribution < -0.4 is 5.32 Å². The number of fused-ring (bicyclic) bond motifs is 2. The molecule has 1 N–H and O–H groups in total. The summed E-state index contributed by atoms with van der Waals surface area (Å²) < 4.78 is 5.05. The van der Waals surface area contributed by atoms with Gasteiger partial charge in [-0.15, -0.1) is 0 Å². The summed E-state index contributed by atoms with van der Waals surface area (Å²) in [5, 5.41) is 7.36. The molecule has 7 nitrogen and oxygen atoms in total. The second-order valence-electron chi connectivity index (χ2n) is 8.14. The summed E-state index contributed by atoms with van der Waals surface area (Å²) >= 11 is 0. The van der Waals surface area contributed by atoms with Crippen LogP contribution in [0.15, 0.2) is 10.6 Å². The van der Waals surface area contributed by atoms with Gasteiger partial charge in [0, 0.05) is 36.2 Å². The van der Waals surface area contributed by atoms with Crippen LogP contribution in [-0.2, 0) is 11.8 Å². The van der Waals surface area contributed by atoms with Crippen LogP contribution in [0.25, 0.3) is 0 Å². The number of nitrogens with one attached hydrogen (secondary N) is 1. The van der Waals surface area contributed by atoms with E-state index in [0.29, 0.717) is 17.5 Å². The zero-order valence-electron chi connectivity index (χ0n) is 16.5. The molecule has 1 aliphatic carbocycles. The first-order valence-corrected chi connectivity index (χ1v) is 9.75. The van der Waals surface area contributed by atoms with Gasteiger partial charge in [-0.2, -0.15) is 0 Å². The van der Waals surface area contributed by atoms with Gasteiger partial charge in [-0.25, -0.2) is 9.97 Å². The molecule has 0 bridgehead atoms. The molecule has 1 amide bonds. The van der Waals surface area contributed by atoms with Crippen molar-refractivity contribution in [1.29, 1.82) is 0 Å². The summed E-state index contributed by atoms with van der Waals surface area (Å²) in [6.45, 7) is 9.47. The summed E-state index contributed by atoms with van der Waals surface area (Å²) in [4.78, 5) is 24.0. The van der Waals surface area contributed by atoms with E-state index in [1.807, 2.05) is 11.8 Å². The maximum atomic E-state index is 12.7. The minimum atomic E-state index is -0.0408. The van der Waals surface area contributed by atoms with Crippen LogP contribution in [0.4, 0.5) is 5.82 Å². The van der Waals surface area contributed by atoms with E-state index >= 15 is 0 Å². The van der Waals surface area contributed by atoms with Gasteiger partial charge in [0.1, 0.15) is 17.4 Å². The first kappa shape index (κ1) is 17.9. The Morgan fingerprint density at radius 2 is 1.96 bits per heavy atom. The first-order chi connectivity index (χ1) is 12.9. The molecule has 2 aliphatic rings. The van der Waals surface area contributed by atoms with Crippen LogP contribution in [0.3, 0.4) is 0 Å². The molecule has 1 aliphatic heterocycles. The molecule has 7 heteroatoms. The maximum Gasteiger partial charge on any atom is 0.276 e. The number of anilines is 1. The number of aromatic nitrogens is 3. The molecule has 0 radical (unpaired) electrons. The highest BCUT2D eigenvalue weighted by molar-refractivity contribution is 5.92. The van der Waals surface area contributed by atoms with Crippen molar-refractivity contribution in [2.75, 3.05) is 18.4 Å². The molecule has 27 heavy (non-hydrogen) atoms. The molecule has 1 saturated heterocycles. The predicted octanol–water partition coefficient (Wildman–Crippen LogP) is 3.02. The molecule has 3 heterocycles. The van der Waals surface area contributed by atoms with Crippen LogP contribution in [-0.4, -0.2) is 45.1 Å². The fourth-order valence-electron chi connectivity index (χ4n) is 4.40. The Hall–Kier alpha value is -2.44. The normalized spacial score (nSPS) is 18.2. The van der Waals surface area contributed by atoms with Gasteiger partial charge in [-0.1, -0.05) is 5.16 Å². The van der Waals surface area contributed by atoms with Crippen molar-refractivity contribution in [2.45, 2.75) is 64.8 Å². The molecule has 1 fully saturated rings. The topological polar surface area (TPSA) is 84.2 Å². The average Bonchev–Trinajstić information content (AvgIpc) is 3.20. The van der Waals surface area contributed by atoms with Gasteiger partial charge in [-0.3, -0.25) is 4.79 Å². The Kier molecular flexibility index (Phi) is 4.40. The largest absolute Gasteiger partial charge is 0.368 e. The number of carbonyl (C=O) groups excluding carboxylic acids is 1. The Balaban J connectivity index is 1.55. The van der Waals surface area contributed by atoms with Crippen LogP contribution in [0, 0.1) is 13.8 Å². The third-order valence-corrected chi connectivity index (χ3v) is 5.76. The lowest BCUT2D eigenvalue weighted by Crippen LogP contribution is -2.44. The highest BCUT2D eigenvalue weighted by Gasteiger charge is 2.45. The zero-order chi connectivity index (χ0) is 19.2. The van der Waals surface area contributed by atoms with E-state index in [9.17, 15) is 4.79 Å². The molecular weight excluding hydrogens is 342 g/mol. The van der Waals surface area contributed by atoms with E-state index in [1.54, 1.807) is 13.0 Å². The lowest BCUT2D eigenvalue weighted by Gasteiger charge is -2.39. The summed E-state index contributed by atoms with van der Waals surface area (Å²) in [5.74, 6) is 2.42. The summed E-state index contributed by atoms with van der Waals surface area (Å²) in [6.07, 6.45) is 3.94. The van der Waals surface area contributed by atoms with Crippen molar-refractivity contribution >= 4 is 11.7 Å². The zero-order valence-corrected chi connectivity index (χ0v) is 16.5. The Morgan fingerprint density at radius 1 is 1.22 bits per heavy atom. The average molecular weight is 369 g/mol. The van der Waals surface area contributed by atoms with Crippen molar-refractivity contribution < 1.29 is 9.32 Å². The van der Waals surface area contributed by atoms with Gasteiger partial charge in [0.05, 0.1) is 5.69 Å². The Labute approximate surface area is 159 Å². The lowest BCUT2D eigenvalue weighted by molar-refractivity contribution is 0.0653. The number of hydrogen-bond donors (Lipinski definition) is 1. The van der Waals surface area contributed by atoms with Gasteiger partial charge in [0.25, 0.3) is 5.91 Å². The maximum absolute atomic E-state index is 12.7. The molecule has 0 aromatic carbocycles. The van der Waals surface area contributed by atoms with E-state index < -0.39 is 0 Å². The smallest absolute Gasteiger partial charge is 0.276 e. The van der Waals surface area contributed by atoms with Crippen LogP contribution in [0.1, 0.15) is 66.4 Å². The second-order valence-corrected chi connectivity index (χ2v) is 8.14. The fourth-order valence-corrected chi connectivity index (χ4v) is 4.40. The SMILES string of the molecule is Cc1nc(NC(C)C)c2c(n1)C1(CC2)CCN(C(=O)c2cc(C)on2)CC1.